The molecular formula is C25H23N3O6. The number of aliphatic hydroxyl groups is 1. The Morgan fingerprint density at radius 1 is 0.971 bits per heavy atom. The van der Waals surface area contributed by atoms with Crippen molar-refractivity contribution in [3.05, 3.63) is 83.7 Å². The number of anilines is 1. The molecule has 0 fully saturated rings. The average molecular weight is 461 g/mol. The maximum atomic E-state index is 12.6. The molecule has 0 saturated heterocycles. The van der Waals surface area contributed by atoms with Gasteiger partial charge in [0.05, 0.1) is 5.69 Å². The Morgan fingerprint density at radius 3 is 2.24 bits per heavy atom. The molecule has 0 aliphatic heterocycles. The van der Waals surface area contributed by atoms with Crippen LogP contribution in [-0.4, -0.2) is 52.4 Å². The van der Waals surface area contributed by atoms with Crippen molar-refractivity contribution in [1.82, 2.24) is 10.3 Å². The van der Waals surface area contributed by atoms with E-state index in [0.29, 0.717) is 0 Å². The van der Waals surface area contributed by atoms with Crippen LogP contribution in [0.15, 0.2) is 66.9 Å². The molecule has 4 N–H and O–H groups in total. The van der Waals surface area contributed by atoms with E-state index < -0.39 is 30.6 Å². The molecule has 1 aliphatic carbocycles. The average Bonchev–Trinajstić information content (AvgIpc) is 3.16. The number of ether oxygens (including phenoxy) is 1. The summed E-state index contributed by atoms with van der Waals surface area (Å²) in [5.74, 6) is -2.20. The highest BCUT2D eigenvalue weighted by atomic mass is 16.5. The van der Waals surface area contributed by atoms with Crippen molar-refractivity contribution < 1.29 is 29.3 Å². The third-order valence-corrected chi connectivity index (χ3v) is 5.62. The molecule has 1 heterocycles. The fourth-order valence-corrected chi connectivity index (χ4v) is 4.04. The zero-order valence-electron chi connectivity index (χ0n) is 18.1. The number of carbonyl (C=O) groups is 3. The predicted molar refractivity (Wildman–Crippen MR) is 124 cm³/mol. The van der Waals surface area contributed by atoms with E-state index >= 15 is 0 Å². The van der Waals surface area contributed by atoms with E-state index in [0.717, 1.165) is 22.3 Å². The number of aromatic nitrogens is 1. The van der Waals surface area contributed by atoms with Crippen molar-refractivity contribution >= 4 is 23.7 Å². The second-order valence-corrected chi connectivity index (χ2v) is 7.73. The molecule has 34 heavy (non-hydrogen) atoms. The highest BCUT2D eigenvalue weighted by Gasteiger charge is 2.29. The van der Waals surface area contributed by atoms with E-state index in [9.17, 15) is 19.5 Å². The summed E-state index contributed by atoms with van der Waals surface area (Å²) in [4.78, 5) is 40.4. The standard InChI is InChI=1S/C25H23N3O6/c29-13-11-21(24(31)32)27-23(30)22-20(10-5-12-26-22)28-25(33)34-14-19-17-8-3-1-6-15(17)16-7-2-4-9-18(16)19/h1-10,12,19,21,29H,11,13-14H2,(H,27,30)(H,28,33)(H,31,32). The van der Waals surface area contributed by atoms with Gasteiger partial charge in [0.15, 0.2) is 5.69 Å². The number of carboxylic acids is 1. The molecule has 4 rings (SSSR count). The van der Waals surface area contributed by atoms with E-state index in [4.69, 9.17) is 9.84 Å². The fraction of sp³-hybridized carbons (Fsp3) is 0.200. The molecule has 3 aromatic rings. The van der Waals surface area contributed by atoms with Gasteiger partial charge in [0, 0.05) is 25.1 Å². The quantitative estimate of drug-likeness (QED) is 0.405. The summed E-state index contributed by atoms with van der Waals surface area (Å²) in [6.07, 6.45) is 0.414. The fourth-order valence-electron chi connectivity index (χ4n) is 4.04. The first-order valence-electron chi connectivity index (χ1n) is 10.7. The highest BCUT2D eigenvalue weighted by molar-refractivity contribution is 6.02. The molecule has 1 aliphatic rings. The van der Waals surface area contributed by atoms with Crippen molar-refractivity contribution in [1.29, 1.82) is 0 Å². The number of carboxylic acid groups (broad SMARTS) is 1. The minimum atomic E-state index is -1.29. The number of aliphatic carboxylic acids is 1. The first-order valence-corrected chi connectivity index (χ1v) is 10.7. The number of pyridine rings is 1. The summed E-state index contributed by atoms with van der Waals surface area (Å²) in [7, 11) is 0. The molecule has 2 amide bonds. The molecule has 0 spiro atoms. The molecule has 1 aromatic heterocycles. The Bertz CT molecular complexity index is 1180. The molecule has 0 bridgehead atoms. The maximum absolute atomic E-state index is 12.6. The van der Waals surface area contributed by atoms with E-state index in [2.05, 4.69) is 15.6 Å². The van der Waals surface area contributed by atoms with Crippen molar-refractivity contribution in [3.8, 4) is 11.1 Å². The Kier molecular flexibility index (Phi) is 6.84. The van der Waals surface area contributed by atoms with Crippen LogP contribution in [0.3, 0.4) is 0 Å². The lowest BCUT2D eigenvalue weighted by atomic mass is 9.98. The summed E-state index contributed by atoms with van der Waals surface area (Å²) in [5, 5.41) is 23.0. The Hall–Kier alpha value is -4.24. The van der Waals surface area contributed by atoms with Gasteiger partial charge < -0.3 is 20.3 Å². The summed E-state index contributed by atoms with van der Waals surface area (Å²) in [6.45, 7) is -0.316. The Balaban J connectivity index is 1.45. The lowest BCUT2D eigenvalue weighted by Crippen LogP contribution is -2.42. The van der Waals surface area contributed by atoms with Crippen molar-refractivity contribution in [2.45, 2.75) is 18.4 Å². The number of fused-ring (bicyclic) bond motifs is 3. The van der Waals surface area contributed by atoms with Crippen LogP contribution in [0.25, 0.3) is 11.1 Å². The molecule has 2 aromatic carbocycles. The molecule has 0 saturated carbocycles. The number of nitrogens with zero attached hydrogens (tertiary/aromatic N) is 1. The monoisotopic (exact) mass is 461 g/mol. The number of benzene rings is 2. The summed E-state index contributed by atoms with van der Waals surface area (Å²) >= 11 is 0. The molecule has 9 nitrogen and oxygen atoms in total. The zero-order valence-corrected chi connectivity index (χ0v) is 18.1. The predicted octanol–water partition coefficient (Wildman–Crippen LogP) is 3.01. The van der Waals surface area contributed by atoms with Crippen LogP contribution >= 0.6 is 0 Å². The van der Waals surface area contributed by atoms with E-state index in [1.165, 1.54) is 18.3 Å². The number of nitrogens with one attached hydrogen (secondary N) is 2. The van der Waals surface area contributed by atoms with Crippen LogP contribution in [-0.2, 0) is 9.53 Å². The highest BCUT2D eigenvalue weighted by Crippen LogP contribution is 2.44. The number of aliphatic hydroxyl groups excluding tert-OH is 1. The van der Waals surface area contributed by atoms with Gasteiger partial charge >= 0.3 is 12.1 Å². The van der Waals surface area contributed by atoms with Crippen LogP contribution in [0.1, 0.15) is 34.0 Å². The maximum Gasteiger partial charge on any atom is 0.411 e. The number of hydrogen-bond acceptors (Lipinski definition) is 6. The molecule has 1 unspecified atom stereocenters. The number of hydrogen-bond donors (Lipinski definition) is 4. The first-order chi connectivity index (χ1) is 16.5. The molecular weight excluding hydrogens is 438 g/mol. The second-order valence-electron chi connectivity index (χ2n) is 7.73. The smallest absolute Gasteiger partial charge is 0.411 e. The topological polar surface area (TPSA) is 138 Å². The Labute approximate surface area is 195 Å². The molecule has 9 heteroatoms. The van der Waals surface area contributed by atoms with Crippen LogP contribution in [0.4, 0.5) is 10.5 Å². The van der Waals surface area contributed by atoms with Gasteiger partial charge in [0.2, 0.25) is 0 Å². The van der Waals surface area contributed by atoms with Crippen LogP contribution in [0, 0.1) is 0 Å². The number of amides is 2. The first kappa shape index (κ1) is 22.9. The summed E-state index contributed by atoms with van der Waals surface area (Å²) in [5.41, 5.74) is 4.26. The van der Waals surface area contributed by atoms with E-state index in [-0.39, 0.29) is 30.3 Å². The van der Waals surface area contributed by atoms with Crippen LogP contribution < -0.4 is 10.6 Å². The third-order valence-electron chi connectivity index (χ3n) is 5.62. The molecule has 174 valence electrons. The molecule has 0 radical (unpaired) electrons. The van der Waals surface area contributed by atoms with Crippen molar-refractivity contribution in [2.24, 2.45) is 0 Å². The normalized spacial score (nSPS) is 12.9. The van der Waals surface area contributed by atoms with Crippen LogP contribution in [0.2, 0.25) is 0 Å². The number of carbonyl (C=O) groups excluding carboxylic acids is 2. The summed E-state index contributed by atoms with van der Waals surface area (Å²) in [6, 6.07) is 17.6. The lowest BCUT2D eigenvalue weighted by Gasteiger charge is -2.16. The zero-order chi connectivity index (χ0) is 24.1. The van der Waals surface area contributed by atoms with Gasteiger partial charge in [-0.25, -0.2) is 14.6 Å². The minimum Gasteiger partial charge on any atom is -0.480 e. The van der Waals surface area contributed by atoms with Gasteiger partial charge in [-0.3, -0.25) is 10.1 Å². The van der Waals surface area contributed by atoms with Gasteiger partial charge in [-0.15, -0.1) is 0 Å². The van der Waals surface area contributed by atoms with Gasteiger partial charge in [0.1, 0.15) is 12.6 Å². The lowest BCUT2D eigenvalue weighted by molar-refractivity contribution is -0.139. The second kappa shape index (κ2) is 10.1. The van der Waals surface area contributed by atoms with E-state index in [1.54, 1.807) is 0 Å². The minimum absolute atomic E-state index is 0.0744. The SMILES string of the molecule is O=C(Nc1cccnc1C(=O)NC(CCO)C(=O)O)OCC1c2ccccc2-c2ccccc21. The van der Waals surface area contributed by atoms with Gasteiger partial charge in [-0.05, 0) is 34.4 Å². The van der Waals surface area contributed by atoms with Gasteiger partial charge in [-0.2, -0.15) is 0 Å². The molecule has 1 atom stereocenters. The largest absolute Gasteiger partial charge is 0.480 e. The van der Waals surface area contributed by atoms with E-state index in [1.807, 2.05) is 48.5 Å². The number of rotatable bonds is 8. The Morgan fingerprint density at radius 2 is 1.62 bits per heavy atom. The van der Waals surface area contributed by atoms with Crippen LogP contribution in [0.5, 0.6) is 0 Å². The van der Waals surface area contributed by atoms with Gasteiger partial charge in [0.25, 0.3) is 5.91 Å². The van der Waals surface area contributed by atoms with Crippen molar-refractivity contribution in [2.75, 3.05) is 18.5 Å². The van der Waals surface area contributed by atoms with Gasteiger partial charge in [-0.1, -0.05) is 48.5 Å². The third kappa shape index (κ3) is 4.74. The van der Waals surface area contributed by atoms with Crippen molar-refractivity contribution in [3.63, 3.8) is 0 Å². The summed E-state index contributed by atoms with van der Waals surface area (Å²) < 4.78 is 5.50.